The van der Waals surface area contributed by atoms with E-state index in [1.165, 1.54) is 11.8 Å². The summed E-state index contributed by atoms with van der Waals surface area (Å²) in [5.74, 6) is -0.447. The summed E-state index contributed by atoms with van der Waals surface area (Å²) in [7, 11) is 1.73. The van der Waals surface area contributed by atoms with E-state index in [-0.39, 0.29) is 17.6 Å². The van der Waals surface area contributed by atoms with Gasteiger partial charge in [0.1, 0.15) is 6.10 Å². The summed E-state index contributed by atoms with van der Waals surface area (Å²) in [6.07, 6.45) is -0.00587. The number of anilines is 1. The van der Waals surface area contributed by atoms with Crippen LogP contribution in [0.15, 0.2) is 35.8 Å². The number of aliphatic imine (C=N–C) groups is 1. The van der Waals surface area contributed by atoms with Crippen LogP contribution in [0.25, 0.3) is 0 Å². The van der Waals surface area contributed by atoms with Crippen LogP contribution in [0.3, 0.4) is 0 Å². The van der Waals surface area contributed by atoms with Crippen molar-refractivity contribution >= 4 is 28.5 Å². The Kier molecular flexibility index (Phi) is 5.93. The van der Waals surface area contributed by atoms with Crippen LogP contribution in [0.2, 0.25) is 0 Å². The van der Waals surface area contributed by atoms with Crippen molar-refractivity contribution in [3.8, 4) is 0 Å². The van der Waals surface area contributed by atoms with Crippen LogP contribution < -0.4 is 5.32 Å². The fraction of sp³-hybridized carbons (Fsp3) is 0.500. The van der Waals surface area contributed by atoms with Crippen LogP contribution in [-0.4, -0.2) is 63.3 Å². The van der Waals surface area contributed by atoms with E-state index in [0.717, 1.165) is 16.8 Å². The van der Waals surface area contributed by atoms with Gasteiger partial charge in [-0.25, -0.2) is 0 Å². The minimum Gasteiger partial charge on any atom is -0.390 e. The van der Waals surface area contributed by atoms with Gasteiger partial charge >= 0.3 is 0 Å². The van der Waals surface area contributed by atoms with E-state index in [4.69, 9.17) is 0 Å². The fourth-order valence-corrected chi connectivity index (χ4v) is 5.20. The molecule has 1 aliphatic heterocycles. The van der Waals surface area contributed by atoms with Gasteiger partial charge in [-0.2, -0.15) is 0 Å². The number of fused-ring (bicyclic) bond motifs is 1. The lowest BCUT2D eigenvalue weighted by molar-refractivity contribution is -0.138. The van der Waals surface area contributed by atoms with Crippen molar-refractivity contribution in [3.63, 3.8) is 0 Å². The van der Waals surface area contributed by atoms with Gasteiger partial charge in [0, 0.05) is 24.5 Å². The SMILES string of the molecule is C=CCN(C)C(=O)C1CC(O)C(O)C2N=C(Nc3cc(C)cc(C)c3)SC12. The predicted octanol–water partition coefficient (Wildman–Crippen LogP) is 1.94. The Labute approximate surface area is 164 Å². The third kappa shape index (κ3) is 4.20. The largest absolute Gasteiger partial charge is 0.390 e. The monoisotopic (exact) mass is 389 g/mol. The van der Waals surface area contributed by atoms with Gasteiger partial charge in [-0.3, -0.25) is 9.79 Å². The van der Waals surface area contributed by atoms with Crippen LogP contribution in [-0.2, 0) is 4.79 Å². The van der Waals surface area contributed by atoms with Gasteiger partial charge < -0.3 is 20.4 Å². The Hall–Kier alpha value is -1.83. The van der Waals surface area contributed by atoms with Crippen molar-refractivity contribution in [1.29, 1.82) is 0 Å². The molecule has 0 radical (unpaired) electrons. The van der Waals surface area contributed by atoms with Gasteiger partial charge in [0.05, 0.1) is 18.1 Å². The number of amides is 1. The minimum atomic E-state index is -0.963. The maximum absolute atomic E-state index is 12.8. The summed E-state index contributed by atoms with van der Waals surface area (Å²) in [5, 5.41) is 24.5. The standard InChI is InChI=1S/C20H27N3O3S/c1-5-6-23(4)19(26)14-10-15(24)17(25)16-18(14)27-20(22-16)21-13-8-11(2)7-12(3)9-13/h5,7-9,14-18,24-25H,1,6,10H2,2-4H3,(H,21,22). The molecule has 1 heterocycles. The summed E-state index contributed by atoms with van der Waals surface area (Å²) in [6.45, 7) is 8.19. The van der Waals surface area contributed by atoms with Gasteiger partial charge in [0.25, 0.3) is 0 Å². The number of benzene rings is 1. The molecule has 1 saturated carbocycles. The van der Waals surface area contributed by atoms with E-state index in [1.54, 1.807) is 18.0 Å². The van der Waals surface area contributed by atoms with Crippen LogP contribution >= 0.6 is 11.8 Å². The van der Waals surface area contributed by atoms with Crippen LogP contribution in [0.4, 0.5) is 5.69 Å². The Morgan fingerprint density at radius 2 is 2.04 bits per heavy atom. The van der Waals surface area contributed by atoms with Crippen molar-refractivity contribution in [2.45, 2.75) is 43.8 Å². The first-order chi connectivity index (χ1) is 12.8. The van der Waals surface area contributed by atoms with Gasteiger partial charge in [-0.05, 0) is 43.5 Å². The highest BCUT2D eigenvalue weighted by atomic mass is 32.2. The zero-order chi connectivity index (χ0) is 19.7. The normalized spacial score (nSPS) is 29.7. The Morgan fingerprint density at radius 3 is 2.67 bits per heavy atom. The predicted molar refractivity (Wildman–Crippen MR) is 110 cm³/mol. The number of hydrogen-bond donors (Lipinski definition) is 3. The second-order valence-electron chi connectivity index (χ2n) is 7.42. The highest BCUT2D eigenvalue weighted by Crippen LogP contribution is 2.42. The molecule has 0 bridgehead atoms. The number of carbonyl (C=O) groups excluding carboxylic acids is 1. The third-order valence-corrected chi connectivity index (χ3v) is 6.37. The summed E-state index contributed by atoms with van der Waals surface area (Å²) in [4.78, 5) is 19.0. The molecule has 7 heteroatoms. The highest BCUT2D eigenvalue weighted by Gasteiger charge is 2.50. The summed E-state index contributed by atoms with van der Waals surface area (Å²) >= 11 is 1.47. The topological polar surface area (TPSA) is 85.2 Å². The average Bonchev–Trinajstić information content (AvgIpc) is 3.00. The molecule has 1 aromatic carbocycles. The first-order valence-electron chi connectivity index (χ1n) is 9.12. The van der Waals surface area contributed by atoms with Crippen LogP contribution in [0, 0.1) is 19.8 Å². The molecule has 0 saturated heterocycles. The molecule has 1 aliphatic carbocycles. The number of hydrogen-bond acceptors (Lipinski definition) is 6. The number of aliphatic hydroxyl groups is 2. The fourth-order valence-electron chi connectivity index (χ4n) is 3.83. The first kappa shape index (κ1) is 19.9. The summed E-state index contributed by atoms with van der Waals surface area (Å²) in [5.41, 5.74) is 3.22. The van der Waals surface area contributed by atoms with Gasteiger partial charge in [-0.1, -0.05) is 23.9 Å². The van der Waals surface area contributed by atoms with Gasteiger partial charge in [0.15, 0.2) is 5.17 Å². The molecule has 5 unspecified atom stereocenters. The molecule has 3 rings (SSSR count). The molecule has 1 fully saturated rings. The average molecular weight is 390 g/mol. The Bertz CT molecular complexity index is 747. The number of aryl methyl sites for hydroxylation is 2. The summed E-state index contributed by atoms with van der Waals surface area (Å²) in [6, 6.07) is 5.66. The zero-order valence-electron chi connectivity index (χ0n) is 15.9. The van der Waals surface area contributed by atoms with Gasteiger partial charge in [0.2, 0.25) is 5.91 Å². The van der Waals surface area contributed by atoms with Crippen molar-refractivity contribution in [2.75, 3.05) is 18.9 Å². The number of nitrogens with zero attached hydrogens (tertiary/aromatic N) is 2. The first-order valence-corrected chi connectivity index (χ1v) is 10.00. The number of aliphatic hydroxyl groups excluding tert-OH is 2. The van der Waals surface area contributed by atoms with Crippen molar-refractivity contribution < 1.29 is 15.0 Å². The van der Waals surface area contributed by atoms with E-state index in [1.807, 2.05) is 26.0 Å². The quantitative estimate of drug-likeness (QED) is 0.686. The molecule has 1 aromatic rings. The molecule has 27 heavy (non-hydrogen) atoms. The molecule has 6 nitrogen and oxygen atoms in total. The van der Waals surface area contributed by atoms with Gasteiger partial charge in [-0.15, -0.1) is 6.58 Å². The molecule has 1 amide bonds. The van der Waals surface area contributed by atoms with E-state index >= 15 is 0 Å². The lowest BCUT2D eigenvalue weighted by Gasteiger charge is -2.38. The van der Waals surface area contributed by atoms with Crippen molar-refractivity contribution in [1.82, 2.24) is 4.90 Å². The number of likely N-dealkylation sites (N-methyl/N-ethyl adjacent to an activating group) is 1. The molecule has 3 N–H and O–H groups in total. The Balaban J connectivity index is 1.80. The molecule has 0 aromatic heterocycles. The van der Waals surface area contributed by atoms with Crippen LogP contribution in [0.1, 0.15) is 17.5 Å². The lowest BCUT2D eigenvalue weighted by Crippen LogP contribution is -2.54. The van der Waals surface area contributed by atoms with Crippen LogP contribution in [0.5, 0.6) is 0 Å². The maximum Gasteiger partial charge on any atom is 0.227 e. The second kappa shape index (κ2) is 8.04. The van der Waals surface area contributed by atoms with Crippen molar-refractivity contribution in [2.24, 2.45) is 10.9 Å². The third-order valence-electron chi connectivity index (χ3n) is 5.06. The number of amidine groups is 1. The zero-order valence-corrected chi connectivity index (χ0v) is 16.7. The molecule has 2 aliphatic rings. The molecular formula is C20H27N3O3S. The molecule has 5 atom stereocenters. The van der Waals surface area contributed by atoms with E-state index in [0.29, 0.717) is 11.7 Å². The number of thioether (sulfide) groups is 1. The Morgan fingerprint density at radius 1 is 1.37 bits per heavy atom. The molecule has 146 valence electrons. The summed E-state index contributed by atoms with van der Waals surface area (Å²) < 4.78 is 0. The van der Waals surface area contributed by atoms with E-state index < -0.39 is 24.2 Å². The number of carbonyl (C=O) groups is 1. The minimum absolute atomic E-state index is 0.0498. The van der Waals surface area contributed by atoms with E-state index in [9.17, 15) is 15.0 Å². The second-order valence-corrected chi connectivity index (χ2v) is 8.58. The smallest absolute Gasteiger partial charge is 0.227 e. The lowest BCUT2D eigenvalue weighted by atomic mass is 9.80. The molecular weight excluding hydrogens is 362 g/mol. The number of rotatable bonds is 4. The molecule has 0 spiro atoms. The number of nitrogens with one attached hydrogen (secondary N) is 1. The maximum atomic E-state index is 12.8. The van der Waals surface area contributed by atoms with E-state index in [2.05, 4.69) is 23.0 Å². The highest BCUT2D eigenvalue weighted by molar-refractivity contribution is 8.15. The van der Waals surface area contributed by atoms with Crippen molar-refractivity contribution in [3.05, 3.63) is 42.0 Å².